The van der Waals surface area contributed by atoms with Gasteiger partial charge in [-0.05, 0) is 30.3 Å². The van der Waals surface area contributed by atoms with Crippen LogP contribution in [0.5, 0.6) is 0 Å². The van der Waals surface area contributed by atoms with Gasteiger partial charge in [0.25, 0.3) is 5.91 Å². The molecule has 0 aliphatic carbocycles. The van der Waals surface area contributed by atoms with Gasteiger partial charge in [0, 0.05) is 14.1 Å². The van der Waals surface area contributed by atoms with E-state index in [-0.39, 0.29) is 15.5 Å². The van der Waals surface area contributed by atoms with Gasteiger partial charge in [0.1, 0.15) is 0 Å². The predicted octanol–water partition coefficient (Wildman–Crippen LogP) is 3.86. The lowest BCUT2D eigenvalue weighted by Gasteiger charge is -2.15. The number of carbonyl (C=O) groups excluding carboxylic acids is 1. The Balaban J connectivity index is 2.44. The van der Waals surface area contributed by atoms with E-state index in [1.807, 2.05) is 0 Å². The molecule has 0 spiro atoms. The predicted molar refractivity (Wildman–Crippen MR) is 91.7 cm³/mol. The fourth-order valence-electron chi connectivity index (χ4n) is 2.08. The second kappa shape index (κ2) is 7.26. The van der Waals surface area contributed by atoms with Crippen molar-refractivity contribution in [2.45, 2.75) is 11.1 Å². The first-order chi connectivity index (χ1) is 11.9. The van der Waals surface area contributed by atoms with Crippen molar-refractivity contribution in [2.24, 2.45) is 0 Å². The van der Waals surface area contributed by atoms with Gasteiger partial charge in [-0.15, -0.1) is 0 Å². The maximum atomic E-state index is 13.0. The topological polar surface area (TPSA) is 66.5 Å². The molecule has 0 unspecified atom stereocenters. The van der Waals surface area contributed by atoms with Gasteiger partial charge in [-0.1, -0.05) is 23.7 Å². The summed E-state index contributed by atoms with van der Waals surface area (Å²) in [5.74, 6) is -0.956. The molecule has 26 heavy (non-hydrogen) atoms. The van der Waals surface area contributed by atoms with E-state index < -0.39 is 33.4 Å². The fourth-order valence-corrected chi connectivity index (χ4v) is 3.21. The largest absolute Gasteiger partial charge is 0.418 e. The standard InChI is InChI=1S/C16H14ClF3N2O3S/c1-22(2)26(24,25)10-7-8-13(17)11(9-10)15(23)21-14-6-4-3-5-12(14)16(18,19)20/h3-9H,1-2H3,(H,21,23). The lowest BCUT2D eigenvalue weighted by molar-refractivity contribution is -0.136. The third-order valence-corrected chi connectivity index (χ3v) is 5.58. The van der Waals surface area contributed by atoms with Crippen LogP contribution in [0.1, 0.15) is 15.9 Å². The summed E-state index contributed by atoms with van der Waals surface area (Å²) >= 11 is 5.93. The molecule has 0 saturated carbocycles. The summed E-state index contributed by atoms with van der Waals surface area (Å²) in [6, 6.07) is 7.86. The van der Waals surface area contributed by atoms with Crippen molar-refractivity contribution >= 4 is 33.2 Å². The second-order valence-corrected chi connectivity index (χ2v) is 7.99. The van der Waals surface area contributed by atoms with Crippen LogP contribution in [0.4, 0.5) is 18.9 Å². The summed E-state index contributed by atoms with van der Waals surface area (Å²) in [6.07, 6.45) is -4.66. The summed E-state index contributed by atoms with van der Waals surface area (Å²) in [5, 5.41) is 2.04. The van der Waals surface area contributed by atoms with Gasteiger partial charge in [0.15, 0.2) is 0 Å². The van der Waals surface area contributed by atoms with E-state index in [0.29, 0.717) is 0 Å². The average Bonchev–Trinajstić information content (AvgIpc) is 2.54. The minimum Gasteiger partial charge on any atom is -0.321 e. The Hall–Kier alpha value is -2.10. The summed E-state index contributed by atoms with van der Waals surface area (Å²) in [5.41, 5.74) is -1.74. The van der Waals surface area contributed by atoms with Gasteiger partial charge in [-0.25, -0.2) is 12.7 Å². The zero-order chi connectivity index (χ0) is 19.7. The number of anilines is 1. The molecule has 2 aromatic rings. The third kappa shape index (κ3) is 4.17. The first-order valence-corrected chi connectivity index (χ1v) is 8.96. The Morgan fingerprint density at radius 2 is 1.73 bits per heavy atom. The number of alkyl halides is 3. The van der Waals surface area contributed by atoms with Crippen molar-refractivity contribution in [1.82, 2.24) is 4.31 Å². The third-order valence-electron chi connectivity index (χ3n) is 3.44. The smallest absolute Gasteiger partial charge is 0.321 e. The zero-order valence-electron chi connectivity index (χ0n) is 13.6. The van der Waals surface area contributed by atoms with Gasteiger partial charge in [0.2, 0.25) is 10.0 Å². The molecule has 2 aromatic carbocycles. The number of para-hydroxylation sites is 1. The zero-order valence-corrected chi connectivity index (χ0v) is 15.2. The van der Waals surface area contributed by atoms with Gasteiger partial charge in [-0.2, -0.15) is 13.2 Å². The first-order valence-electron chi connectivity index (χ1n) is 7.14. The molecular formula is C16H14ClF3N2O3S. The maximum Gasteiger partial charge on any atom is 0.418 e. The molecule has 0 radical (unpaired) electrons. The Morgan fingerprint density at radius 1 is 1.12 bits per heavy atom. The monoisotopic (exact) mass is 406 g/mol. The molecule has 0 saturated heterocycles. The number of nitrogens with one attached hydrogen (secondary N) is 1. The number of hydrogen-bond donors (Lipinski definition) is 1. The summed E-state index contributed by atoms with van der Waals surface area (Å²) in [7, 11) is -1.22. The van der Waals surface area contributed by atoms with E-state index in [4.69, 9.17) is 11.6 Å². The lowest BCUT2D eigenvalue weighted by Crippen LogP contribution is -2.23. The SMILES string of the molecule is CN(C)S(=O)(=O)c1ccc(Cl)c(C(=O)Nc2ccccc2C(F)(F)F)c1. The molecule has 0 aliphatic heterocycles. The van der Waals surface area contributed by atoms with E-state index >= 15 is 0 Å². The van der Waals surface area contributed by atoms with Gasteiger partial charge in [0.05, 0.1) is 26.7 Å². The Morgan fingerprint density at radius 3 is 2.31 bits per heavy atom. The average molecular weight is 407 g/mol. The number of benzene rings is 2. The van der Waals surface area contributed by atoms with Crippen molar-refractivity contribution in [1.29, 1.82) is 0 Å². The number of nitrogens with zero attached hydrogens (tertiary/aromatic N) is 1. The minimum absolute atomic E-state index is 0.0929. The summed E-state index contributed by atoms with van der Waals surface area (Å²) in [6.45, 7) is 0. The van der Waals surface area contributed by atoms with Crippen molar-refractivity contribution in [3.05, 3.63) is 58.6 Å². The van der Waals surface area contributed by atoms with Crippen LogP contribution in [0.25, 0.3) is 0 Å². The van der Waals surface area contributed by atoms with Crippen molar-refractivity contribution in [3.63, 3.8) is 0 Å². The number of sulfonamides is 1. The number of rotatable bonds is 4. The molecule has 0 atom stereocenters. The van der Waals surface area contributed by atoms with Crippen molar-refractivity contribution < 1.29 is 26.4 Å². The van der Waals surface area contributed by atoms with Crippen molar-refractivity contribution in [2.75, 3.05) is 19.4 Å². The van der Waals surface area contributed by atoms with Gasteiger partial charge in [-0.3, -0.25) is 4.79 Å². The number of carbonyl (C=O) groups is 1. The molecule has 1 amide bonds. The van der Waals surface area contributed by atoms with E-state index in [1.54, 1.807) is 0 Å². The van der Waals surface area contributed by atoms with Crippen LogP contribution in [-0.2, 0) is 16.2 Å². The molecule has 0 aliphatic rings. The van der Waals surface area contributed by atoms with Crippen molar-refractivity contribution in [3.8, 4) is 0 Å². The fraction of sp³-hybridized carbons (Fsp3) is 0.188. The second-order valence-electron chi connectivity index (χ2n) is 5.43. The van der Waals surface area contributed by atoms with E-state index in [1.165, 1.54) is 38.4 Å². The Kier molecular flexibility index (Phi) is 5.64. The summed E-state index contributed by atoms with van der Waals surface area (Å²) in [4.78, 5) is 12.2. The normalized spacial score (nSPS) is 12.3. The highest BCUT2D eigenvalue weighted by molar-refractivity contribution is 7.89. The van der Waals surface area contributed by atoms with Crippen LogP contribution in [0.15, 0.2) is 47.4 Å². The first kappa shape index (κ1) is 20.2. The minimum atomic E-state index is -4.66. The van der Waals surface area contributed by atoms with Gasteiger partial charge < -0.3 is 5.32 Å². The van der Waals surface area contributed by atoms with E-state index in [9.17, 15) is 26.4 Å². The van der Waals surface area contributed by atoms with Gasteiger partial charge >= 0.3 is 6.18 Å². The van der Waals surface area contributed by atoms with Crippen LogP contribution in [0.2, 0.25) is 5.02 Å². The highest BCUT2D eigenvalue weighted by atomic mass is 35.5. The van der Waals surface area contributed by atoms with Crippen LogP contribution in [0, 0.1) is 0 Å². The van der Waals surface area contributed by atoms with Crippen LogP contribution in [-0.4, -0.2) is 32.7 Å². The quantitative estimate of drug-likeness (QED) is 0.838. The van der Waals surface area contributed by atoms with E-state index in [0.717, 1.165) is 22.5 Å². The molecule has 10 heteroatoms. The number of hydrogen-bond acceptors (Lipinski definition) is 3. The van der Waals surface area contributed by atoms with Crippen LogP contribution < -0.4 is 5.32 Å². The molecule has 0 fully saturated rings. The highest BCUT2D eigenvalue weighted by Gasteiger charge is 2.33. The Labute approximate surface area is 153 Å². The Bertz CT molecular complexity index is 944. The number of halogens is 4. The number of amides is 1. The molecule has 1 N–H and O–H groups in total. The molecule has 2 rings (SSSR count). The molecule has 0 heterocycles. The van der Waals surface area contributed by atoms with E-state index in [2.05, 4.69) is 5.32 Å². The lowest BCUT2D eigenvalue weighted by atomic mass is 10.1. The summed E-state index contributed by atoms with van der Waals surface area (Å²) < 4.78 is 64.4. The van der Waals surface area contributed by atoms with Crippen LogP contribution in [0.3, 0.4) is 0 Å². The molecule has 5 nitrogen and oxygen atoms in total. The maximum absolute atomic E-state index is 13.0. The molecule has 140 valence electrons. The molecular weight excluding hydrogens is 393 g/mol. The van der Waals surface area contributed by atoms with Crippen LogP contribution >= 0.6 is 11.6 Å². The molecule has 0 aromatic heterocycles. The highest BCUT2D eigenvalue weighted by Crippen LogP contribution is 2.35. The molecule has 0 bridgehead atoms.